The van der Waals surface area contributed by atoms with Gasteiger partial charge in [-0.05, 0) is 12.1 Å². The Morgan fingerprint density at radius 3 is 2.70 bits per heavy atom. The van der Waals surface area contributed by atoms with E-state index in [1.165, 1.54) is 37.3 Å². The van der Waals surface area contributed by atoms with Crippen molar-refractivity contribution >= 4 is 17.9 Å². The Morgan fingerprint density at radius 1 is 1.40 bits per heavy atom. The van der Waals surface area contributed by atoms with Crippen molar-refractivity contribution in [2.75, 3.05) is 20.6 Å². The van der Waals surface area contributed by atoms with Gasteiger partial charge in [0.15, 0.2) is 0 Å². The molecule has 0 aliphatic rings. The van der Waals surface area contributed by atoms with Gasteiger partial charge in [0.1, 0.15) is 6.54 Å². The van der Waals surface area contributed by atoms with Gasteiger partial charge in [-0.2, -0.15) is 0 Å². The van der Waals surface area contributed by atoms with Crippen LogP contribution in [-0.4, -0.2) is 53.5 Å². The molecular weight excluding hydrogens is 264 g/mol. The van der Waals surface area contributed by atoms with Crippen molar-refractivity contribution < 1.29 is 19.5 Å². The fourth-order valence-electron chi connectivity index (χ4n) is 1.38. The number of hydrogen-bond acceptors (Lipinski definition) is 4. The third-order valence-electron chi connectivity index (χ3n) is 2.49. The normalized spacial score (nSPS) is 9.70. The number of amides is 3. The summed E-state index contributed by atoms with van der Waals surface area (Å²) >= 11 is 0. The van der Waals surface area contributed by atoms with E-state index in [1.807, 2.05) is 0 Å². The molecule has 8 nitrogen and oxygen atoms in total. The monoisotopic (exact) mass is 280 g/mol. The number of likely N-dealkylation sites (N-methyl/N-ethyl adjacent to an activating group) is 2. The summed E-state index contributed by atoms with van der Waals surface area (Å²) in [6.45, 7) is 0.0168. The second kappa shape index (κ2) is 7.07. The highest BCUT2D eigenvalue weighted by Gasteiger charge is 2.12. The zero-order chi connectivity index (χ0) is 15.1. The molecule has 1 heterocycles. The Balaban J connectivity index is 2.54. The van der Waals surface area contributed by atoms with Crippen LogP contribution in [0.1, 0.15) is 16.1 Å². The van der Waals surface area contributed by atoms with Crippen molar-refractivity contribution in [3.63, 3.8) is 0 Å². The summed E-state index contributed by atoms with van der Waals surface area (Å²) in [5, 5.41) is 13.8. The van der Waals surface area contributed by atoms with Crippen molar-refractivity contribution in [3.8, 4) is 0 Å². The van der Waals surface area contributed by atoms with E-state index < -0.39 is 12.0 Å². The SMILES string of the molecule is CNC(=O)CN(C)C(=O)NCc1cc(C(=O)O)ccn1. The maximum absolute atomic E-state index is 11.7. The van der Waals surface area contributed by atoms with Gasteiger partial charge < -0.3 is 20.6 Å². The third kappa shape index (κ3) is 4.56. The van der Waals surface area contributed by atoms with Gasteiger partial charge in [-0.3, -0.25) is 9.78 Å². The molecule has 108 valence electrons. The van der Waals surface area contributed by atoms with Crippen LogP contribution in [-0.2, 0) is 11.3 Å². The molecule has 0 saturated carbocycles. The summed E-state index contributed by atoms with van der Waals surface area (Å²) in [6.07, 6.45) is 1.36. The summed E-state index contributed by atoms with van der Waals surface area (Å²) in [7, 11) is 2.96. The van der Waals surface area contributed by atoms with Crippen molar-refractivity contribution in [2.45, 2.75) is 6.54 Å². The largest absolute Gasteiger partial charge is 0.478 e. The number of nitrogens with zero attached hydrogens (tertiary/aromatic N) is 2. The number of carbonyl (C=O) groups excluding carboxylic acids is 2. The topological polar surface area (TPSA) is 112 Å². The van der Waals surface area contributed by atoms with E-state index in [0.29, 0.717) is 5.69 Å². The molecule has 3 N–H and O–H groups in total. The van der Waals surface area contributed by atoms with E-state index in [2.05, 4.69) is 15.6 Å². The van der Waals surface area contributed by atoms with Gasteiger partial charge in [-0.15, -0.1) is 0 Å². The quantitative estimate of drug-likeness (QED) is 0.683. The average molecular weight is 280 g/mol. The first kappa shape index (κ1) is 15.4. The predicted octanol–water partition coefficient (Wildman–Crippen LogP) is -0.333. The molecule has 0 fully saturated rings. The molecule has 1 rings (SSSR count). The number of hydrogen-bond donors (Lipinski definition) is 3. The minimum atomic E-state index is -1.06. The number of pyridine rings is 1. The Hall–Kier alpha value is -2.64. The maximum atomic E-state index is 11.7. The minimum absolute atomic E-state index is 0.0646. The molecule has 8 heteroatoms. The lowest BCUT2D eigenvalue weighted by molar-refractivity contribution is -0.120. The number of urea groups is 1. The van der Waals surface area contributed by atoms with Gasteiger partial charge in [0.2, 0.25) is 5.91 Å². The highest BCUT2D eigenvalue weighted by molar-refractivity contribution is 5.87. The van der Waals surface area contributed by atoms with Crippen LogP contribution in [0, 0.1) is 0 Å². The number of carbonyl (C=O) groups is 3. The number of carboxylic acids is 1. The number of rotatable bonds is 5. The van der Waals surface area contributed by atoms with Gasteiger partial charge >= 0.3 is 12.0 Å². The first-order chi connectivity index (χ1) is 9.43. The molecule has 0 spiro atoms. The molecule has 20 heavy (non-hydrogen) atoms. The lowest BCUT2D eigenvalue weighted by Gasteiger charge is -2.16. The number of carboxylic acid groups (broad SMARTS) is 1. The average Bonchev–Trinajstić information content (AvgIpc) is 2.44. The van der Waals surface area contributed by atoms with Crippen LogP contribution in [0.15, 0.2) is 18.3 Å². The van der Waals surface area contributed by atoms with Crippen LogP contribution >= 0.6 is 0 Å². The third-order valence-corrected chi connectivity index (χ3v) is 2.49. The number of aromatic nitrogens is 1. The maximum Gasteiger partial charge on any atom is 0.335 e. The van der Waals surface area contributed by atoms with Gasteiger partial charge in [0, 0.05) is 20.3 Å². The lowest BCUT2D eigenvalue weighted by atomic mass is 10.2. The molecule has 3 amide bonds. The van der Waals surface area contributed by atoms with Crippen LogP contribution < -0.4 is 10.6 Å². The molecule has 0 saturated heterocycles. The molecule has 0 bridgehead atoms. The molecule has 0 unspecified atom stereocenters. The molecule has 1 aromatic rings. The number of nitrogens with one attached hydrogen (secondary N) is 2. The van der Waals surface area contributed by atoms with Crippen LogP contribution in [0.25, 0.3) is 0 Å². The van der Waals surface area contributed by atoms with Crippen molar-refractivity contribution in [1.29, 1.82) is 0 Å². The highest BCUT2D eigenvalue weighted by atomic mass is 16.4. The van der Waals surface area contributed by atoms with Crippen LogP contribution in [0.4, 0.5) is 4.79 Å². The predicted molar refractivity (Wildman–Crippen MR) is 70.1 cm³/mol. The van der Waals surface area contributed by atoms with Crippen LogP contribution in [0.2, 0.25) is 0 Å². The molecule has 0 atom stereocenters. The Kier molecular flexibility index (Phi) is 5.45. The second-order valence-electron chi connectivity index (χ2n) is 4.03. The second-order valence-corrected chi connectivity index (χ2v) is 4.03. The number of aromatic carboxylic acids is 1. The fraction of sp³-hybridized carbons (Fsp3) is 0.333. The van der Waals surface area contributed by atoms with E-state index in [1.54, 1.807) is 0 Å². The van der Waals surface area contributed by atoms with Gasteiger partial charge in [-0.25, -0.2) is 9.59 Å². The first-order valence-corrected chi connectivity index (χ1v) is 5.81. The molecule has 0 aromatic carbocycles. The first-order valence-electron chi connectivity index (χ1n) is 5.81. The van der Waals surface area contributed by atoms with E-state index in [-0.39, 0.29) is 24.6 Å². The fourth-order valence-corrected chi connectivity index (χ4v) is 1.38. The Morgan fingerprint density at radius 2 is 2.10 bits per heavy atom. The van der Waals surface area contributed by atoms with Gasteiger partial charge in [0.05, 0.1) is 17.8 Å². The lowest BCUT2D eigenvalue weighted by Crippen LogP contribution is -2.42. The smallest absolute Gasteiger partial charge is 0.335 e. The van der Waals surface area contributed by atoms with Crippen LogP contribution in [0.5, 0.6) is 0 Å². The van der Waals surface area contributed by atoms with E-state index in [0.717, 1.165) is 0 Å². The van der Waals surface area contributed by atoms with Crippen molar-refractivity contribution in [2.24, 2.45) is 0 Å². The summed E-state index contributed by atoms with van der Waals surface area (Å²) in [5.74, 6) is -1.34. The summed E-state index contributed by atoms with van der Waals surface area (Å²) in [5.41, 5.74) is 0.523. The molecule has 1 aromatic heterocycles. The molecule has 0 aliphatic heterocycles. The summed E-state index contributed by atoms with van der Waals surface area (Å²) < 4.78 is 0. The molecular formula is C12H16N4O4. The van der Waals surface area contributed by atoms with E-state index >= 15 is 0 Å². The Bertz CT molecular complexity index is 518. The minimum Gasteiger partial charge on any atom is -0.478 e. The zero-order valence-corrected chi connectivity index (χ0v) is 11.2. The summed E-state index contributed by atoms with van der Waals surface area (Å²) in [4.78, 5) is 38.7. The van der Waals surface area contributed by atoms with Crippen LogP contribution in [0.3, 0.4) is 0 Å². The standard InChI is InChI=1S/C12H16N4O4/c1-13-10(17)7-16(2)12(20)15-6-9-5-8(11(18)19)3-4-14-9/h3-5H,6-7H2,1-2H3,(H,13,17)(H,15,20)(H,18,19). The van der Waals surface area contributed by atoms with Gasteiger partial charge in [-0.1, -0.05) is 0 Å². The summed E-state index contributed by atoms with van der Waals surface area (Å²) in [6, 6.07) is 2.29. The van der Waals surface area contributed by atoms with Gasteiger partial charge in [0.25, 0.3) is 0 Å². The van der Waals surface area contributed by atoms with Crippen molar-refractivity contribution in [1.82, 2.24) is 20.5 Å². The molecule has 0 aliphatic carbocycles. The van der Waals surface area contributed by atoms with E-state index in [9.17, 15) is 14.4 Å². The molecule has 0 radical (unpaired) electrons. The Labute approximate surface area is 115 Å². The zero-order valence-electron chi connectivity index (χ0n) is 11.2. The van der Waals surface area contributed by atoms with E-state index in [4.69, 9.17) is 5.11 Å². The van der Waals surface area contributed by atoms with Crippen molar-refractivity contribution in [3.05, 3.63) is 29.6 Å². The highest BCUT2D eigenvalue weighted by Crippen LogP contribution is 2.01.